The average Bonchev–Trinajstić information content (AvgIpc) is 3.44. The first-order valence-corrected chi connectivity index (χ1v) is 8.93. The molecule has 0 radical (unpaired) electrons. The summed E-state index contributed by atoms with van der Waals surface area (Å²) >= 11 is 0. The van der Waals surface area contributed by atoms with Crippen molar-refractivity contribution in [3.05, 3.63) is 35.6 Å². The molecule has 1 heterocycles. The zero-order chi connectivity index (χ0) is 18.7. The van der Waals surface area contributed by atoms with Gasteiger partial charge in [-0.25, -0.2) is 4.39 Å². The largest absolute Gasteiger partial charge is 0.458 e. The van der Waals surface area contributed by atoms with Crippen LogP contribution < -0.4 is 5.73 Å². The van der Waals surface area contributed by atoms with Crippen molar-refractivity contribution in [3.63, 3.8) is 0 Å². The number of nitrogens with two attached hydrogens (primary N) is 1. The minimum Gasteiger partial charge on any atom is -0.458 e. The number of carbonyl (C=O) groups excluding carboxylic acids is 2. The highest BCUT2D eigenvalue weighted by Gasteiger charge is 2.39. The molecule has 0 spiro atoms. The van der Waals surface area contributed by atoms with Gasteiger partial charge in [0, 0.05) is 5.92 Å². The Labute approximate surface area is 163 Å². The van der Waals surface area contributed by atoms with Gasteiger partial charge in [0.15, 0.2) is 0 Å². The molecule has 2 fully saturated rings. The van der Waals surface area contributed by atoms with Gasteiger partial charge in [-0.3, -0.25) is 9.59 Å². The third-order valence-corrected chi connectivity index (χ3v) is 4.74. The number of esters is 2. The predicted molar refractivity (Wildman–Crippen MR) is 97.8 cm³/mol. The first kappa shape index (κ1) is 21.6. The summed E-state index contributed by atoms with van der Waals surface area (Å²) in [6.07, 6.45) is 0.846. The lowest BCUT2D eigenvalue weighted by molar-refractivity contribution is -0.172. The molecular formula is C19H25ClFNO5. The van der Waals surface area contributed by atoms with Crippen molar-refractivity contribution in [3.8, 4) is 0 Å². The fourth-order valence-electron chi connectivity index (χ4n) is 3.07. The highest BCUT2D eigenvalue weighted by molar-refractivity contribution is 5.85. The molecule has 1 aromatic carbocycles. The molecule has 27 heavy (non-hydrogen) atoms. The van der Waals surface area contributed by atoms with Gasteiger partial charge in [0.05, 0.1) is 19.1 Å². The second-order valence-electron chi connectivity index (χ2n) is 7.05. The second-order valence-corrected chi connectivity index (χ2v) is 7.05. The van der Waals surface area contributed by atoms with E-state index in [-0.39, 0.29) is 49.2 Å². The molecule has 1 saturated heterocycles. The Kier molecular flexibility index (Phi) is 7.59. The Morgan fingerprint density at radius 1 is 1.26 bits per heavy atom. The Hall–Kier alpha value is -1.70. The molecule has 0 unspecified atom stereocenters. The van der Waals surface area contributed by atoms with E-state index in [1.165, 1.54) is 12.1 Å². The van der Waals surface area contributed by atoms with Gasteiger partial charge < -0.3 is 19.9 Å². The van der Waals surface area contributed by atoms with Crippen LogP contribution in [0.5, 0.6) is 0 Å². The van der Waals surface area contributed by atoms with E-state index in [2.05, 4.69) is 0 Å². The molecule has 0 aromatic heterocycles. The van der Waals surface area contributed by atoms with Gasteiger partial charge in [0.25, 0.3) is 0 Å². The van der Waals surface area contributed by atoms with Crippen LogP contribution >= 0.6 is 12.4 Å². The normalized spacial score (nSPS) is 28.8. The Bertz CT molecular complexity index is 652. The summed E-state index contributed by atoms with van der Waals surface area (Å²) in [7, 11) is 0. The zero-order valence-corrected chi connectivity index (χ0v) is 16.0. The fraction of sp³-hybridized carbons (Fsp3) is 0.579. The van der Waals surface area contributed by atoms with Crippen molar-refractivity contribution in [1.29, 1.82) is 0 Å². The van der Waals surface area contributed by atoms with Gasteiger partial charge in [-0.05, 0) is 43.9 Å². The molecule has 1 aliphatic heterocycles. The predicted octanol–water partition coefficient (Wildman–Crippen LogP) is 2.02. The number of cyclic esters (lactones) is 1. The van der Waals surface area contributed by atoms with Crippen molar-refractivity contribution in [2.24, 2.45) is 17.6 Å². The van der Waals surface area contributed by atoms with Gasteiger partial charge in [-0.1, -0.05) is 12.1 Å². The van der Waals surface area contributed by atoms with Gasteiger partial charge in [-0.15, -0.1) is 12.4 Å². The molecule has 8 heteroatoms. The Morgan fingerprint density at radius 3 is 2.56 bits per heavy atom. The Balaban J connectivity index is 0.00000261. The average molecular weight is 402 g/mol. The number of halogens is 2. The lowest BCUT2D eigenvalue weighted by atomic mass is 9.91. The minimum absolute atomic E-state index is 0. The smallest absolute Gasteiger partial charge is 0.325 e. The van der Waals surface area contributed by atoms with E-state index in [1.807, 2.05) is 0 Å². The summed E-state index contributed by atoms with van der Waals surface area (Å²) < 4.78 is 29.9. The summed E-state index contributed by atoms with van der Waals surface area (Å²) in [5.74, 6) is -1.47. The van der Waals surface area contributed by atoms with Crippen LogP contribution in [0.2, 0.25) is 0 Å². The second kappa shape index (κ2) is 9.48. The molecule has 3 rings (SSSR count). The third-order valence-electron chi connectivity index (χ3n) is 4.74. The van der Waals surface area contributed by atoms with Crippen LogP contribution in [0.25, 0.3) is 0 Å². The molecule has 0 amide bonds. The summed E-state index contributed by atoms with van der Waals surface area (Å²) in [5.41, 5.74) is 6.63. The number of ether oxygens (including phenoxy) is 3. The van der Waals surface area contributed by atoms with E-state index in [0.717, 1.165) is 18.4 Å². The molecule has 0 bridgehead atoms. The molecule has 1 aromatic rings. The van der Waals surface area contributed by atoms with Crippen LogP contribution in [0.15, 0.2) is 24.3 Å². The minimum atomic E-state index is -0.873. The van der Waals surface area contributed by atoms with Crippen LogP contribution in [-0.2, 0) is 30.2 Å². The van der Waals surface area contributed by atoms with E-state index < -0.39 is 24.2 Å². The fourth-order valence-corrected chi connectivity index (χ4v) is 3.07. The number of hydrogen-bond donors (Lipinski definition) is 1. The van der Waals surface area contributed by atoms with Crippen LogP contribution in [0, 0.1) is 17.7 Å². The zero-order valence-electron chi connectivity index (χ0n) is 15.1. The van der Waals surface area contributed by atoms with Crippen LogP contribution in [-0.4, -0.2) is 43.4 Å². The number of rotatable bonds is 4. The molecule has 150 valence electrons. The summed E-state index contributed by atoms with van der Waals surface area (Å²) in [6.45, 7) is 1.99. The summed E-state index contributed by atoms with van der Waals surface area (Å²) in [5, 5.41) is 0. The van der Waals surface area contributed by atoms with E-state index in [9.17, 15) is 14.0 Å². The van der Waals surface area contributed by atoms with E-state index in [4.69, 9.17) is 19.9 Å². The van der Waals surface area contributed by atoms with Crippen LogP contribution in [0.4, 0.5) is 4.39 Å². The maximum absolute atomic E-state index is 13.2. The van der Waals surface area contributed by atoms with Crippen molar-refractivity contribution in [1.82, 2.24) is 0 Å². The molecule has 6 nitrogen and oxygen atoms in total. The van der Waals surface area contributed by atoms with Crippen LogP contribution in [0.1, 0.15) is 25.3 Å². The van der Waals surface area contributed by atoms with Crippen molar-refractivity contribution >= 4 is 24.3 Å². The topological polar surface area (TPSA) is 87.8 Å². The summed E-state index contributed by atoms with van der Waals surface area (Å²) in [4.78, 5) is 24.2. The quantitative estimate of drug-likeness (QED) is 0.776. The monoisotopic (exact) mass is 401 g/mol. The number of hydrogen-bond acceptors (Lipinski definition) is 6. The molecule has 2 aliphatic rings. The van der Waals surface area contributed by atoms with E-state index in [1.54, 1.807) is 19.1 Å². The molecule has 1 aliphatic carbocycles. The Morgan fingerprint density at radius 2 is 1.93 bits per heavy atom. The SMILES string of the molecule is C[C@@H]1OC(=O)[C@@H](N)COC[C@H](Cc2ccc(F)cc2)[C@H]1OC(=O)C1CC1.Cl. The van der Waals surface area contributed by atoms with Crippen LogP contribution in [0.3, 0.4) is 0 Å². The lowest BCUT2D eigenvalue weighted by Gasteiger charge is -2.30. The van der Waals surface area contributed by atoms with Crippen molar-refractivity contribution < 1.29 is 28.2 Å². The van der Waals surface area contributed by atoms with E-state index >= 15 is 0 Å². The van der Waals surface area contributed by atoms with Gasteiger partial charge in [0.1, 0.15) is 24.1 Å². The standard InChI is InChI=1S/C19H24FNO5.ClH/c1-11-17(26-18(22)13-4-5-13)14(8-12-2-6-15(20)7-3-12)9-24-10-16(21)19(23)25-11;/h2-3,6-7,11,13-14,16-17H,4-5,8-10,21H2,1H3;1H/t11-,14-,16-,17-;/m0./s1. The number of carbonyl (C=O) groups is 2. The third kappa shape index (κ3) is 5.89. The summed E-state index contributed by atoms with van der Waals surface area (Å²) in [6, 6.07) is 5.27. The molecule has 4 atom stereocenters. The highest BCUT2D eigenvalue weighted by Crippen LogP contribution is 2.32. The van der Waals surface area contributed by atoms with Crippen molar-refractivity contribution in [2.45, 2.75) is 44.4 Å². The first-order valence-electron chi connectivity index (χ1n) is 8.93. The van der Waals surface area contributed by atoms with Gasteiger partial charge in [-0.2, -0.15) is 0 Å². The highest BCUT2D eigenvalue weighted by atomic mass is 35.5. The van der Waals surface area contributed by atoms with Crippen molar-refractivity contribution in [2.75, 3.05) is 13.2 Å². The van der Waals surface area contributed by atoms with Gasteiger partial charge in [0.2, 0.25) is 0 Å². The first-order chi connectivity index (χ1) is 12.4. The molecular weight excluding hydrogens is 377 g/mol. The van der Waals surface area contributed by atoms with Gasteiger partial charge >= 0.3 is 11.9 Å². The van der Waals surface area contributed by atoms with E-state index in [0.29, 0.717) is 6.42 Å². The maximum Gasteiger partial charge on any atom is 0.325 e. The lowest BCUT2D eigenvalue weighted by Crippen LogP contribution is -2.43. The number of benzene rings is 1. The molecule has 2 N–H and O–H groups in total. The maximum atomic E-state index is 13.2. The molecule has 1 saturated carbocycles.